The van der Waals surface area contributed by atoms with E-state index >= 15 is 0 Å². The van der Waals surface area contributed by atoms with Crippen molar-refractivity contribution in [3.63, 3.8) is 0 Å². The Labute approximate surface area is 195 Å². The summed E-state index contributed by atoms with van der Waals surface area (Å²) in [5, 5.41) is 11.1. The van der Waals surface area contributed by atoms with Crippen LogP contribution in [0.1, 0.15) is 45.9 Å². The fraction of sp³-hybridized carbons (Fsp3) is 0.444. The molecule has 0 atom stereocenters. The van der Waals surface area contributed by atoms with E-state index < -0.39 is 0 Å². The van der Waals surface area contributed by atoms with Gasteiger partial charge in [-0.1, -0.05) is 39.8 Å². The predicted molar refractivity (Wildman–Crippen MR) is 132 cm³/mol. The molecule has 0 aliphatic carbocycles. The van der Waals surface area contributed by atoms with Gasteiger partial charge in [0.2, 0.25) is 11.2 Å². The number of aromatic hydroxyl groups is 1. The second kappa shape index (κ2) is 10.8. The fourth-order valence-electron chi connectivity index (χ4n) is 4.04. The normalized spacial score (nSPS) is 11.7. The molecule has 2 aromatic carbocycles. The lowest BCUT2D eigenvalue weighted by atomic mass is 10.1. The van der Waals surface area contributed by atoms with Gasteiger partial charge in [-0.15, -0.1) is 0 Å². The number of hydrogen-bond acceptors (Lipinski definition) is 6. The van der Waals surface area contributed by atoms with Crippen LogP contribution in [0.5, 0.6) is 23.0 Å². The van der Waals surface area contributed by atoms with Crippen molar-refractivity contribution < 1.29 is 19.0 Å². The molecule has 3 rings (SSSR count). The number of nitrogens with zero attached hydrogens (tertiary/aromatic N) is 1. The molecule has 0 fully saturated rings. The van der Waals surface area contributed by atoms with Crippen molar-refractivity contribution >= 4 is 11.0 Å². The Morgan fingerprint density at radius 2 is 1.64 bits per heavy atom. The van der Waals surface area contributed by atoms with Gasteiger partial charge in [-0.25, -0.2) is 0 Å². The highest BCUT2D eigenvalue weighted by Crippen LogP contribution is 2.34. The average molecular weight is 454 g/mol. The third kappa shape index (κ3) is 5.88. The van der Waals surface area contributed by atoms with E-state index in [1.54, 1.807) is 31.2 Å². The first kappa shape index (κ1) is 24.6. The smallest absolute Gasteiger partial charge is 0.235 e. The topological polar surface area (TPSA) is 72.1 Å². The van der Waals surface area contributed by atoms with E-state index in [1.807, 2.05) is 19.1 Å². The molecule has 0 saturated carbocycles. The Balaban J connectivity index is 2.06. The van der Waals surface area contributed by atoms with Gasteiger partial charge in [-0.3, -0.25) is 9.69 Å². The number of rotatable bonds is 10. The zero-order chi connectivity index (χ0) is 24.1. The molecule has 1 N–H and O–H groups in total. The van der Waals surface area contributed by atoms with E-state index in [0.717, 1.165) is 13.1 Å². The van der Waals surface area contributed by atoms with Crippen molar-refractivity contribution in [1.82, 2.24) is 4.90 Å². The molecular weight excluding hydrogens is 418 g/mol. The van der Waals surface area contributed by atoms with Crippen molar-refractivity contribution in [3.8, 4) is 23.0 Å². The first-order valence-electron chi connectivity index (χ1n) is 11.6. The lowest BCUT2D eigenvalue weighted by molar-refractivity contribution is 0.209. The third-order valence-electron chi connectivity index (χ3n) is 5.25. The monoisotopic (exact) mass is 453 g/mol. The van der Waals surface area contributed by atoms with Crippen LogP contribution in [0.3, 0.4) is 0 Å². The zero-order valence-electron chi connectivity index (χ0n) is 20.5. The first-order chi connectivity index (χ1) is 15.7. The maximum Gasteiger partial charge on any atom is 0.235 e. The fourth-order valence-corrected chi connectivity index (χ4v) is 4.04. The van der Waals surface area contributed by atoms with Gasteiger partial charge in [-0.2, -0.15) is 0 Å². The van der Waals surface area contributed by atoms with Crippen LogP contribution in [0.25, 0.3) is 11.0 Å². The summed E-state index contributed by atoms with van der Waals surface area (Å²) >= 11 is 0. The SMILES string of the molecule is CCOc1ccccc1Oc1c(C)oc2c(CN(CC(C)C)CC(C)C)c(O)ccc2c1=O. The number of benzene rings is 2. The summed E-state index contributed by atoms with van der Waals surface area (Å²) in [6.07, 6.45) is 0. The van der Waals surface area contributed by atoms with E-state index in [4.69, 9.17) is 13.9 Å². The Morgan fingerprint density at radius 1 is 1.00 bits per heavy atom. The van der Waals surface area contributed by atoms with E-state index in [2.05, 4.69) is 32.6 Å². The Kier molecular flexibility index (Phi) is 8.03. The molecule has 1 aromatic heterocycles. The van der Waals surface area contributed by atoms with Crippen LogP contribution in [0.15, 0.2) is 45.6 Å². The average Bonchev–Trinajstić information content (AvgIpc) is 2.73. The highest BCUT2D eigenvalue weighted by molar-refractivity contribution is 5.83. The van der Waals surface area contributed by atoms with Crippen molar-refractivity contribution in [1.29, 1.82) is 0 Å². The van der Waals surface area contributed by atoms with Gasteiger partial charge >= 0.3 is 0 Å². The minimum absolute atomic E-state index is 0.118. The Hall–Kier alpha value is -2.99. The van der Waals surface area contributed by atoms with Crippen LogP contribution < -0.4 is 14.9 Å². The Bertz CT molecular complexity index is 1140. The van der Waals surface area contributed by atoms with Crippen molar-refractivity contribution in [3.05, 3.63) is 57.9 Å². The van der Waals surface area contributed by atoms with Crippen molar-refractivity contribution in [2.75, 3.05) is 19.7 Å². The van der Waals surface area contributed by atoms with Gasteiger partial charge in [0.1, 0.15) is 17.1 Å². The number of aryl methyl sites for hydroxylation is 1. The molecule has 0 saturated heterocycles. The molecule has 178 valence electrons. The molecular formula is C27H35NO5. The maximum atomic E-state index is 13.4. The van der Waals surface area contributed by atoms with E-state index in [1.165, 1.54) is 0 Å². The van der Waals surface area contributed by atoms with Crippen LogP contribution in [0.4, 0.5) is 0 Å². The second-order valence-electron chi connectivity index (χ2n) is 9.22. The summed E-state index contributed by atoms with van der Waals surface area (Å²) in [4.78, 5) is 15.7. The summed E-state index contributed by atoms with van der Waals surface area (Å²) in [5.41, 5.74) is 0.747. The zero-order valence-corrected chi connectivity index (χ0v) is 20.5. The van der Waals surface area contributed by atoms with Gasteiger partial charge in [0.25, 0.3) is 0 Å². The number of ether oxygens (including phenoxy) is 2. The summed E-state index contributed by atoms with van der Waals surface area (Å²) in [6.45, 7) is 15.0. The maximum absolute atomic E-state index is 13.4. The van der Waals surface area contributed by atoms with Gasteiger partial charge < -0.3 is 19.0 Å². The van der Waals surface area contributed by atoms with Crippen molar-refractivity contribution in [2.24, 2.45) is 11.8 Å². The van der Waals surface area contributed by atoms with Crippen LogP contribution in [0.2, 0.25) is 0 Å². The van der Waals surface area contributed by atoms with Crippen LogP contribution >= 0.6 is 0 Å². The van der Waals surface area contributed by atoms with E-state index in [-0.39, 0.29) is 16.9 Å². The molecule has 3 aromatic rings. The Morgan fingerprint density at radius 3 is 2.24 bits per heavy atom. The molecule has 1 heterocycles. The molecule has 0 spiro atoms. The lowest BCUT2D eigenvalue weighted by Crippen LogP contribution is -2.31. The minimum Gasteiger partial charge on any atom is -0.507 e. The molecule has 33 heavy (non-hydrogen) atoms. The molecule has 6 nitrogen and oxygen atoms in total. The molecule has 0 aliphatic heterocycles. The number of para-hydroxylation sites is 2. The highest BCUT2D eigenvalue weighted by atomic mass is 16.5. The van der Waals surface area contributed by atoms with Gasteiger partial charge in [0.05, 0.1) is 17.6 Å². The molecule has 6 heteroatoms. The van der Waals surface area contributed by atoms with Gasteiger partial charge in [-0.05, 0) is 49.9 Å². The summed E-state index contributed by atoms with van der Waals surface area (Å²) in [6, 6.07) is 10.4. The molecule has 0 unspecified atom stereocenters. The summed E-state index contributed by atoms with van der Waals surface area (Å²) < 4.78 is 17.7. The van der Waals surface area contributed by atoms with Crippen LogP contribution in [0, 0.1) is 18.8 Å². The second-order valence-corrected chi connectivity index (χ2v) is 9.22. The largest absolute Gasteiger partial charge is 0.507 e. The predicted octanol–water partition coefficient (Wildman–Crippen LogP) is 6.11. The standard InChI is InChI=1S/C27H35NO5/c1-7-31-23-10-8-9-11-24(23)33-26-19(6)32-27-20(25(26)30)12-13-22(29)21(27)16-28(14-17(2)3)15-18(4)5/h8-13,17-18,29H,7,14-16H2,1-6H3. The van der Waals surface area contributed by atoms with Crippen LogP contribution in [-0.4, -0.2) is 29.7 Å². The van der Waals surface area contributed by atoms with E-state index in [9.17, 15) is 9.90 Å². The molecule has 0 bridgehead atoms. The number of fused-ring (bicyclic) bond motifs is 1. The quantitative estimate of drug-likeness (QED) is 0.399. The van der Waals surface area contributed by atoms with Crippen LogP contribution in [-0.2, 0) is 6.54 Å². The third-order valence-corrected chi connectivity index (χ3v) is 5.25. The van der Waals surface area contributed by atoms with Gasteiger partial charge in [0.15, 0.2) is 11.5 Å². The lowest BCUT2D eigenvalue weighted by Gasteiger charge is -2.26. The first-order valence-corrected chi connectivity index (χ1v) is 11.6. The van der Waals surface area contributed by atoms with Crippen molar-refractivity contribution in [2.45, 2.75) is 48.1 Å². The number of phenols is 1. The molecule has 0 aliphatic rings. The van der Waals surface area contributed by atoms with Gasteiger partial charge in [0, 0.05) is 19.6 Å². The number of phenolic OH excluding ortho intramolecular Hbond substituents is 1. The highest BCUT2D eigenvalue weighted by Gasteiger charge is 2.21. The minimum atomic E-state index is -0.277. The summed E-state index contributed by atoms with van der Waals surface area (Å²) in [7, 11) is 0. The summed E-state index contributed by atoms with van der Waals surface area (Å²) in [5.74, 6) is 2.55. The molecule has 0 amide bonds. The van der Waals surface area contributed by atoms with E-state index in [0.29, 0.717) is 58.8 Å². The molecule has 0 radical (unpaired) electrons. The number of hydrogen-bond donors (Lipinski definition) is 1.